The van der Waals surface area contributed by atoms with E-state index in [-0.39, 0.29) is 11.7 Å². The first kappa shape index (κ1) is 20.5. The molecule has 3 heteroatoms. The molecule has 0 aliphatic heterocycles. The number of aromatic carboxylic acids is 1. The van der Waals surface area contributed by atoms with Gasteiger partial charge in [0.25, 0.3) is 0 Å². The second-order valence-corrected chi connectivity index (χ2v) is 6.59. The maximum atomic E-state index is 11.3. The van der Waals surface area contributed by atoms with Crippen molar-refractivity contribution in [1.29, 1.82) is 0 Å². The van der Waals surface area contributed by atoms with E-state index in [9.17, 15) is 9.90 Å². The van der Waals surface area contributed by atoms with Crippen molar-refractivity contribution in [3.63, 3.8) is 0 Å². The Morgan fingerprint density at radius 3 is 2.17 bits per heavy atom. The monoisotopic (exact) mass is 334 g/mol. The van der Waals surface area contributed by atoms with Crippen LogP contribution in [-0.2, 0) is 0 Å². The molecule has 1 aromatic rings. The summed E-state index contributed by atoms with van der Waals surface area (Å²) in [5, 5.41) is 9.29. The molecule has 0 saturated carbocycles. The van der Waals surface area contributed by atoms with Gasteiger partial charge in [0.05, 0.1) is 6.10 Å². The Labute approximate surface area is 147 Å². The van der Waals surface area contributed by atoms with Crippen LogP contribution in [0.4, 0.5) is 0 Å². The summed E-state index contributed by atoms with van der Waals surface area (Å²) in [5.41, 5.74) is 0.263. The second kappa shape index (κ2) is 12.9. The Hall–Kier alpha value is -1.51. The van der Waals surface area contributed by atoms with Gasteiger partial charge in [0.15, 0.2) is 0 Å². The zero-order chi connectivity index (χ0) is 17.6. The van der Waals surface area contributed by atoms with Crippen molar-refractivity contribution in [2.24, 2.45) is 0 Å². The highest BCUT2D eigenvalue weighted by molar-refractivity contribution is 5.90. The molecule has 0 aliphatic rings. The van der Waals surface area contributed by atoms with Crippen LogP contribution in [0.5, 0.6) is 5.75 Å². The van der Waals surface area contributed by atoms with Crippen LogP contribution < -0.4 is 4.74 Å². The molecular formula is C21H34O3. The molecule has 0 aromatic heterocycles. The van der Waals surface area contributed by atoms with Gasteiger partial charge in [0, 0.05) is 0 Å². The highest BCUT2D eigenvalue weighted by Gasteiger charge is 2.15. The van der Waals surface area contributed by atoms with Gasteiger partial charge in [0.1, 0.15) is 11.3 Å². The number of carboxylic acid groups (broad SMARTS) is 1. The van der Waals surface area contributed by atoms with Crippen LogP contribution in [0.3, 0.4) is 0 Å². The summed E-state index contributed by atoms with van der Waals surface area (Å²) in [6.45, 7) is 4.42. The summed E-state index contributed by atoms with van der Waals surface area (Å²) in [6.07, 6.45) is 13.4. The van der Waals surface area contributed by atoms with Crippen molar-refractivity contribution in [2.45, 2.75) is 90.6 Å². The van der Waals surface area contributed by atoms with Crippen LogP contribution in [0, 0.1) is 0 Å². The quantitative estimate of drug-likeness (QED) is 0.397. The lowest BCUT2D eigenvalue weighted by atomic mass is 10.0. The van der Waals surface area contributed by atoms with Gasteiger partial charge in [-0.3, -0.25) is 0 Å². The van der Waals surface area contributed by atoms with E-state index in [0.717, 1.165) is 32.1 Å². The van der Waals surface area contributed by atoms with Crippen LogP contribution in [0.15, 0.2) is 24.3 Å². The number of carbonyl (C=O) groups is 1. The number of hydrogen-bond donors (Lipinski definition) is 1. The fourth-order valence-corrected chi connectivity index (χ4v) is 2.95. The average Bonchev–Trinajstić information content (AvgIpc) is 2.58. The predicted molar refractivity (Wildman–Crippen MR) is 100.0 cm³/mol. The molecule has 0 bridgehead atoms. The summed E-state index contributed by atoms with van der Waals surface area (Å²) in [4.78, 5) is 11.3. The molecule has 136 valence electrons. The molecule has 0 amide bonds. The Kier molecular flexibility index (Phi) is 11.0. The molecule has 0 fully saturated rings. The standard InChI is InChI=1S/C21H34O3/c1-3-5-7-8-9-10-11-15-18(14-6-4-2)24-20-17-13-12-16-19(20)21(22)23/h12-13,16-18H,3-11,14-15H2,1-2H3,(H,22,23). The molecule has 24 heavy (non-hydrogen) atoms. The summed E-state index contributed by atoms with van der Waals surface area (Å²) in [7, 11) is 0. The van der Waals surface area contributed by atoms with Crippen molar-refractivity contribution in [2.75, 3.05) is 0 Å². The van der Waals surface area contributed by atoms with Crippen molar-refractivity contribution < 1.29 is 14.6 Å². The predicted octanol–water partition coefficient (Wildman–Crippen LogP) is 6.46. The van der Waals surface area contributed by atoms with Gasteiger partial charge >= 0.3 is 5.97 Å². The molecule has 0 radical (unpaired) electrons. The number of ether oxygens (including phenoxy) is 1. The van der Waals surface area contributed by atoms with Crippen molar-refractivity contribution in [3.8, 4) is 5.75 Å². The molecular weight excluding hydrogens is 300 g/mol. The molecule has 1 rings (SSSR count). The molecule has 0 aliphatic carbocycles. The van der Waals surface area contributed by atoms with E-state index in [1.807, 2.05) is 6.07 Å². The first-order valence-electron chi connectivity index (χ1n) is 9.68. The van der Waals surface area contributed by atoms with Crippen LogP contribution in [0.1, 0.15) is 94.8 Å². The van der Waals surface area contributed by atoms with Crippen molar-refractivity contribution in [3.05, 3.63) is 29.8 Å². The fourth-order valence-electron chi connectivity index (χ4n) is 2.95. The van der Waals surface area contributed by atoms with E-state index >= 15 is 0 Å². The molecule has 1 unspecified atom stereocenters. The minimum Gasteiger partial charge on any atom is -0.490 e. The topological polar surface area (TPSA) is 46.5 Å². The summed E-state index contributed by atoms with van der Waals surface area (Å²) in [6, 6.07) is 6.97. The van der Waals surface area contributed by atoms with Gasteiger partial charge in [-0.25, -0.2) is 4.79 Å². The third kappa shape index (κ3) is 8.37. The molecule has 1 aromatic carbocycles. The molecule has 0 saturated heterocycles. The number of rotatable bonds is 14. The van der Waals surface area contributed by atoms with Gasteiger partial charge in [-0.15, -0.1) is 0 Å². The Morgan fingerprint density at radius 2 is 1.50 bits per heavy atom. The highest BCUT2D eigenvalue weighted by atomic mass is 16.5. The van der Waals surface area contributed by atoms with Gasteiger partial charge < -0.3 is 9.84 Å². The fraction of sp³-hybridized carbons (Fsp3) is 0.667. The van der Waals surface area contributed by atoms with E-state index in [0.29, 0.717) is 5.75 Å². The first-order chi connectivity index (χ1) is 11.7. The van der Waals surface area contributed by atoms with Crippen LogP contribution in [-0.4, -0.2) is 17.2 Å². The largest absolute Gasteiger partial charge is 0.490 e. The Bertz CT molecular complexity index is 456. The Morgan fingerprint density at radius 1 is 0.917 bits per heavy atom. The summed E-state index contributed by atoms with van der Waals surface area (Å²) >= 11 is 0. The normalized spacial score (nSPS) is 12.1. The van der Waals surface area contributed by atoms with Gasteiger partial charge in [-0.05, 0) is 31.4 Å². The zero-order valence-electron chi connectivity index (χ0n) is 15.4. The number of carboxylic acids is 1. The van der Waals surface area contributed by atoms with Crippen LogP contribution in [0.2, 0.25) is 0 Å². The average molecular weight is 335 g/mol. The molecule has 1 atom stereocenters. The maximum absolute atomic E-state index is 11.3. The van der Waals surface area contributed by atoms with Gasteiger partial charge in [-0.2, -0.15) is 0 Å². The molecule has 3 nitrogen and oxygen atoms in total. The molecule has 1 N–H and O–H groups in total. The van der Waals surface area contributed by atoms with Gasteiger partial charge in [0.2, 0.25) is 0 Å². The SMILES string of the molecule is CCCCCCCCCC(CCCC)Oc1ccccc1C(=O)O. The maximum Gasteiger partial charge on any atom is 0.339 e. The van der Waals surface area contributed by atoms with Crippen molar-refractivity contribution >= 4 is 5.97 Å². The van der Waals surface area contributed by atoms with E-state index < -0.39 is 5.97 Å². The first-order valence-corrected chi connectivity index (χ1v) is 9.68. The lowest BCUT2D eigenvalue weighted by Crippen LogP contribution is -2.18. The van der Waals surface area contributed by atoms with Gasteiger partial charge in [-0.1, -0.05) is 77.3 Å². The van der Waals surface area contributed by atoms with E-state index in [2.05, 4.69) is 13.8 Å². The summed E-state index contributed by atoms with van der Waals surface area (Å²) < 4.78 is 6.07. The highest BCUT2D eigenvalue weighted by Crippen LogP contribution is 2.23. The third-order valence-corrected chi connectivity index (χ3v) is 4.42. The number of para-hydroxylation sites is 1. The number of hydrogen-bond acceptors (Lipinski definition) is 2. The lowest BCUT2D eigenvalue weighted by molar-refractivity contribution is 0.0687. The lowest BCUT2D eigenvalue weighted by Gasteiger charge is -2.20. The number of unbranched alkanes of at least 4 members (excludes halogenated alkanes) is 7. The molecule has 0 spiro atoms. The zero-order valence-corrected chi connectivity index (χ0v) is 15.4. The van der Waals surface area contributed by atoms with Crippen molar-refractivity contribution in [1.82, 2.24) is 0 Å². The van der Waals surface area contributed by atoms with E-state index in [1.165, 1.54) is 38.5 Å². The second-order valence-electron chi connectivity index (χ2n) is 6.59. The smallest absolute Gasteiger partial charge is 0.339 e. The Balaban J connectivity index is 2.46. The van der Waals surface area contributed by atoms with E-state index in [4.69, 9.17) is 4.74 Å². The van der Waals surface area contributed by atoms with Crippen LogP contribution in [0.25, 0.3) is 0 Å². The number of benzene rings is 1. The summed E-state index contributed by atoms with van der Waals surface area (Å²) in [5.74, 6) is -0.412. The minimum atomic E-state index is -0.921. The van der Waals surface area contributed by atoms with E-state index in [1.54, 1.807) is 18.2 Å². The van der Waals surface area contributed by atoms with Crippen LogP contribution >= 0.6 is 0 Å². The third-order valence-electron chi connectivity index (χ3n) is 4.42. The molecule has 0 heterocycles. The minimum absolute atomic E-state index is 0.126.